The van der Waals surface area contributed by atoms with Crippen LogP contribution in [0.5, 0.6) is 0 Å². The van der Waals surface area contributed by atoms with Gasteiger partial charge >= 0.3 is 5.97 Å². The van der Waals surface area contributed by atoms with Gasteiger partial charge in [0, 0.05) is 22.1 Å². The van der Waals surface area contributed by atoms with Crippen LogP contribution < -0.4 is 0 Å². The van der Waals surface area contributed by atoms with Gasteiger partial charge in [-0.05, 0) is 44.9 Å². The lowest BCUT2D eigenvalue weighted by atomic mass is 10.1. The Hall–Kier alpha value is -1.36. The molecule has 0 spiro atoms. The largest absolute Gasteiger partial charge is 0.478 e. The van der Waals surface area contributed by atoms with Crippen LogP contribution in [0.15, 0.2) is 22.7 Å². The topological polar surface area (TPSA) is 57.6 Å². The predicted molar refractivity (Wildman–Crippen MR) is 84.7 cm³/mol. The summed E-state index contributed by atoms with van der Waals surface area (Å²) in [6, 6.07) is 5.03. The summed E-state index contributed by atoms with van der Waals surface area (Å²) in [5.74, 6) is -1.11. The van der Waals surface area contributed by atoms with Crippen molar-refractivity contribution < 1.29 is 14.7 Å². The number of amides is 1. The number of halogens is 1. The van der Waals surface area contributed by atoms with Gasteiger partial charge in [0.2, 0.25) is 0 Å². The maximum absolute atomic E-state index is 12.8. The number of benzene rings is 1. The van der Waals surface area contributed by atoms with Crippen LogP contribution >= 0.6 is 15.9 Å². The fourth-order valence-corrected chi connectivity index (χ4v) is 3.48. The minimum atomic E-state index is -1.03. The van der Waals surface area contributed by atoms with E-state index >= 15 is 0 Å². The zero-order chi connectivity index (χ0) is 15.6. The summed E-state index contributed by atoms with van der Waals surface area (Å²) in [7, 11) is 0. The Balaban J connectivity index is 2.34. The summed E-state index contributed by atoms with van der Waals surface area (Å²) >= 11 is 3.29. The maximum atomic E-state index is 12.8. The second-order valence-electron chi connectivity index (χ2n) is 5.78. The quantitative estimate of drug-likeness (QED) is 0.891. The lowest BCUT2D eigenvalue weighted by Crippen LogP contribution is -2.43. The van der Waals surface area contributed by atoms with E-state index in [1.165, 1.54) is 12.1 Å². The molecule has 0 radical (unpaired) electrons. The first kappa shape index (κ1) is 16.0. The van der Waals surface area contributed by atoms with E-state index in [1.807, 2.05) is 18.7 Å². The standard InChI is InChI=1S/C16H20BrNO3/c1-10(2)18(14-5-3-4-6-14)15(19)11-7-12(16(20)21)9-13(17)8-11/h7-10,14H,3-6H2,1-2H3,(H,20,21). The molecule has 1 saturated carbocycles. The Labute approximate surface area is 133 Å². The van der Waals surface area contributed by atoms with Crippen molar-refractivity contribution in [3.05, 3.63) is 33.8 Å². The van der Waals surface area contributed by atoms with Crippen LogP contribution in [0, 0.1) is 0 Å². The van der Waals surface area contributed by atoms with Gasteiger partial charge in [0.05, 0.1) is 5.56 Å². The van der Waals surface area contributed by atoms with Crippen LogP contribution in [0.4, 0.5) is 0 Å². The molecule has 0 bridgehead atoms. The van der Waals surface area contributed by atoms with Gasteiger partial charge in [0.25, 0.3) is 5.91 Å². The first-order chi connectivity index (χ1) is 9.90. The molecule has 114 valence electrons. The third-order valence-electron chi connectivity index (χ3n) is 3.90. The average molecular weight is 354 g/mol. The van der Waals surface area contributed by atoms with Gasteiger partial charge in [-0.1, -0.05) is 28.8 Å². The summed E-state index contributed by atoms with van der Waals surface area (Å²) in [6.45, 7) is 4.01. The number of hydrogen-bond acceptors (Lipinski definition) is 2. The molecule has 1 aliphatic rings. The van der Waals surface area contributed by atoms with Gasteiger partial charge in [-0.25, -0.2) is 4.79 Å². The number of carbonyl (C=O) groups excluding carboxylic acids is 1. The SMILES string of the molecule is CC(C)N(C(=O)c1cc(Br)cc(C(=O)O)c1)C1CCCC1. The molecule has 0 unspecified atom stereocenters. The van der Waals surface area contributed by atoms with Crippen molar-refractivity contribution in [2.24, 2.45) is 0 Å². The fraction of sp³-hybridized carbons (Fsp3) is 0.500. The number of carboxylic acid groups (broad SMARTS) is 1. The molecule has 21 heavy (non-hydrogen) atoms. The average Bonchev–Trinajstić information content (AvgIpc) is 2.91. The number of carbonyl (C=O) groups is 2. The highest BCUT2D eigenvalue weighted by Gasteiger charge is 2.29. The monoisotopic (exact) mass is 353 g/mol. The van der Waals surface area contributed by atoms with Crippen molar-refractivity contribution in [1.29, 1.82) is 0 Å². The molecule has 1 aromatic carbocycles. The number of nitrogens with zero attached hydrogens (tertiary/aromatic N) is 1. The Kier molecular flexibility index (Phi) is 5.04. The van der Waals surface area contributed by atoms with Gasteiger partial charge in [-0.3, -0.25) is 4.79 Å². The van der Waals surface area contributed by atoms with Crippen molar-refractivity contribution in [1.82, 2.24) is 4.90 Å². The smallest absolute Gasteiger partial charge is 0.335 e. The normalized spacial score (nSPS) is 15.4. The third-order valence-corrected chi connectivity index (χ3v) is 4.36. The lowest BCUT2D eigenvalue weighted by molar-refractivity contribution is 0.0613. The minimum Gasteiger partial charge on any atom is -0.478 e. The minimum absolute atomic E-state index is 0.0827. The summed E-state index contributed by atoms with van der Waals surface area (Å²) in [5, 5.41) is 9.13. The van der Waals surface area contributed by atoms with Gasteiger partial charge in [0.1, 0.15) is 0 Å². The van der Waals surface area contributed by atoms with E-state index < -0.39 is 5.97 Å². The van der Waals surface area contributed by atoms with Crippen molar-refractivity contribution in [2.75, 3.05) is 0 Å². The third kappa shape index (κ3) is 3.64. The first-order valence-electron chi connectivity index (χ1n) is 7.26. The molecule has 0 aromatic heterocycles. The van der Waals surface area contributed by atoms with E-state index in [-0.39, 0.29) is 23.6 Å². The molecule has 0 aliphatic heterocycles. The van der Waals surface area contributed by atoms with E-state index in [0.29, 0.717) is 10.0 Å². The molecule has 0 atom stereocenters. The molecular formula is C16H20BrNO3. The number of carboxylic acids is 1. The predicted octanol–water partition coefficient (Wildman–Crippen LogP) is 3.94. The van der Waals surface area contributed by atoms with E-state index in [2.05, 4.69) is 15.9 Å². The first-order valence-corrected chi connectivity index (χ1v) is 8.06. The van der Waals surface area contributed by atoms with Crippen LogP contribution in [0.2, 0.25) is 0 Å². The Morgan fingerprint density at radius 3 is 2.29 bits per heavy atom. The highest BCUT2D eigenvalue weighted by Crippen LogP contribution is 2.27. The lowest BCUT2D eigenvalue weighted by Gasteiger charge is -2.33. The van der Waals surface area contributed by atoms with Crippen LogP contribution in [-0.4, -0.2) is 34.0 Å². The molecule has 1 N–H and O–H groups in total. The van der Waals surface area contributed by atoms with Crippen molar-refractivity contribution in [2.45, 2.75) is 51.6 Å². The fourth-order valence-electron chi connectivity index (χ4n) is 2.99. The van der Waals surface area contributed by atoms with Gasteiger partial charge in [-0.2, -0.15) is 0 Å². The molecule has 0 saturated heterocycles. The van der Waals surface area contributed by atoms with E-state index in [1.54, 1.807) is 6.07 Å². The van der Waals surface area contributed by atoms with E-state index in [4.69, 9.17) is 5.11 Å². The van der Waals surface area contributed by atoms with Crippen LogP contribution in [0.3, 0.4) is 0 Å². The molecule has 4 nitrogen and oxygen atoms in total. The van der Waals surface area contributed by atoms with Gasteiger partial charge in [-0.15, -0.1) is 0 Å². The molecule has 1 amide bonds. The molecule has 1 aromatic rings. The molecular weight excluding hydrogens is 334 g/mol. The highest BCUT2D eigenvalue weighted by molar-refractivity contribution is 9.10. The van der Waals surface area contributed by atoms with Gasteiger partial charge in [0.15, 0.2) is 0 Å². The molecule has 5 heteroatoms. The Bertz CT molecular complexity index is 550. The van der Waals surface area contributed by atoms with Crippen molar-refractivity contribution in [3.63, 3.8) is 0 Å². The maximum Gasteiger partial charge on any atom is 0.335 e. The zero-order valence-corrected chi connectivity index (χ0v) is 13.9. The van der Waals surface area contributed by atoms with E-state index in [9.17, 15) is 9.59 Å². The van der Waals surface area contributed by atoms with E-state index in [0.717, 1.165) is 25.7 Å². The second-order valence-corrected chi connectivity index (χ2v) is 6.69. The van der Waals surface area contributed by atoms with Crippen LogP contribution in [0.25, 0.3) is 0 Å². The highest BCUT2D eigenvalue weighted by atomic mass is 79.9. The van der Waals surface area contributed by atoms with Crippen LogP contribution in [-0.2, 0) is 0 Å². The number of aromatic carboxylic acids is 1. The van der Waals surface area contributed by atoms with Crippen molar-refractivity contribution in [3.8, 4) is 0 Å². The Morgan fingerprint density at radius 2 is 1.76 bits per heavy atom. The summed E-state index contributed by atoms with van der Waals surface area (Å²) in [5.41, 5.74) is 0.560. The molecule has 0 heterocycles. The number of rotatable bonds is 4. The number of hydrogen-bond donors (Lipinski definition) is 1. The van der Waals surface area contributed by atoms with Crippen LogP contribution in [0.1, 0.15) is 60.2 Å². The summed E-state index contributed by atoms with van der Waals surface area (Å²) in [6.07, 6.45) is 4.37. The second kappa shape index (κ2) is 6.60. The summed E-state index contributed by atoms with van der Waals surface area (Å²) < 4.78 is 0.612. The molecule has 1 aliphatic carbocycles. The Morgan fingerprint density at radius 1 is 1.19 bits per heavy atom. The molecule has 2 rings (SSSR count). The van der Waals surface area contributed by atoms with Gasteiger partial charge < -0.3 is 10.0 Å². The molecule has 1 fully saturated rings. The summed E-state index contributed by atoms with van der Waals surface area (Å²) in [4.78, 5) is 25.9. The zero-order valence-electron chi connectivity index (χ0n) is 12.3. The van der Waals surface area contributed by atoms with Crippen molar-refractivity contribution >= 4 is 27.8 Å².